The summed E-state index contributed by atoms with van der Waals surface area (Å²) in [5.41, 5.74) is 5.54. The van der Waals surface area contributed by atoms with Crippen LogP contribution in [0.3, 0.4) is 0 Å². The van der Waals surface area contributed by atoms with E-state index in [9.17, 15) is 9.59 Å². The van der Waals surface area contributed by atoms with Gasteiger partial charge in [-0.1, -0.05) is 0 Å². The van der Waals surface area contributed by atoms with Crippen molar-refractivity contribution in [2.45, 2.75) is 32.2 Å². The third-order valence-corrected chi connectivity index (χ3v) is 4.76. The van der Waals surface area contributed by atoms with Gasteiger partial charge >= 0.3 is 0 Å². The zero-order chi connectivity index (χ0) is 14.5. The molecule has 1 aromatic rings. The average Bonchev–Trinajstić information content (AvgIpc) is 3.05. The molecule has 20 heavy (non-hydrogen) atoms. The number of rotatable bonds is 3. The second-order valence-electron chi connectivity index (χ2n) is 6.08. The van der Waals surface area contributed by atoms with Crippen molar-refractivity contribution in [1.29, 1.82) is 0 Å². The zero-order valence-electron chi connectivity index (χ0n) is 11.4. The highest BCUT2D eigenvalue weighted by Gasteiger charge is 2.41. The van der Waals surface area contributed by atoms with E-state index < -0.39 is 5.41 Å². The molecule has 1 saturated heterocycles. The molecule has 108 valence electrons. The van der Waals surface area contributed by atoms with E-state index in [4.69, 9.17) is 5.73 Å². The molecular weight excluding hydrogens is 322 g/mol. The molecule has 0 aromatic carbocycles. The van der Waals surface area contributed by atoms with Gasteiger partial charge < -0.3 is 15.2 Å². The monoisotopic (exact) mass is 339 g/mol. The highest BCUT2D eigenvalue weighted by atomic mass is 79.9. The van der Waals surface area contributed by atoms with Crippen LogP contribution in [0.2, 0.25) is 0 Å². The minimum atomic E-state index is -0.593. The van der Waals surface area contributed by atoms with Gasteiger partial charge in [-0.05, 0) is 48.2 Å². The summed E-state index contributed by atoms with van der Waals surface area (Å²) in [6.45, 7) is 2.83. The number of nitrogens with two attached hydrogens (primary N) is 1. The average molecular weight is 340 g/mol. The lowest BCUT2D eigenvalue weighted by molar-refractivity contribution is -0.126. The Morgan fingerprint density at radius 2 is 2.15 bits per heavy atom. The maximum atomic E-state index is 12.7. The van der Waals surface area contributed by atoms with Crippen molar-refractivity contribution in [2.24, 2.45) is 11.1 Å². The Labute approximate surface area is 126 Å². The summed E-state index contributed by atoms with van der Waals surface area (Å²) in [4.78, 5) is 25.9. The van der Waals surface area contributed by atoms with Crippen LogP contribution in [0, 0.1) is 5.41 Å². The topological polar surface area (TPSA) is 68.3 Å². The summed E-state index contributed by atoms with van der Waals surface area (Å²) in [7, 11) is 0. The Hall–Kier alpha value is -1.30. The summed E-state index contributed by atoms with van der Waals surface area (Å²) in [5.74, 6) is -0.334. The van der Waals surface area contributed by atoms with Crippen LogP contribution >= 0.6 is 15.9 Å². The Balaban J connectivity index is 1.82. The van der Waals surface area contributed by atoms with Gasteiger partial charge in [0.25, 0.3) is 5.91 Å². The molecule has 1 saturated carbocycles. The van der Waals surface area contributed by atoms with Gasteiger partial charge in [0.05, 0.1) is 5.41 Å². The minimum Gasteiger partial charge on any atom is -0.369 e. The first-order valence-electron chi connectivity index (χ1n) is 6.87. The first-order valence-corrected chi connectivity index (χ1v) is 7.66. The smallest absolute Gasteiger partial charge is 0.270 e. The third kappa shape index (κ3) is 2.26. The summed E-state index contributed by atoms with van der Waals surface area (Å²) in [6, 6.07) is 2.31. The Bertz CT molecular complexity index is 579. The number of aromatic nitrogens is 1. The van der Waals surface area contributed by atoms with E-state index in [1.165, 1.54) is 0 Å². The predicted molar refractivity (Wildman–Crippen MR) is 78.2 cm³/mol. The van der Waals surface area contributed by atoms with Crippen LogP contribution < -0.4 is 5.73 Å². The largest absolute Gasteiger partial charge is 0.369 e. The fourth-order valence-electron chi connectivity index (χ4n) is 2.77. The van der Waals surface area contributed by atoms with Crippen molar-refractivity contribution >= 4 is 27.7 Å². The molecule has 2 N–H and O–H groups in total. The summed E-state index contributed by atoms with van der Waals surface area (Å²) >= 11 is 3.44. The van der Waals surface area contributed by atoms with Gasteiger partial charge in [-0.15, -0.1) is 0 Å². The summed E-state index contributed by atoms with van der Waals surface area (Å²) in [6.07, 6.45) is 4.86. The van der Waals surface area contributed by atoms with Crippen molar-refractivity contribution in [1.82, 2.24) is 9.47 Å². The van der Waals surface area contributed by atoms with Crippen molar-refractivity contribution < 1.29 is 9.59 Å². The van der Waals surface area contributed by atoms with Crippen LogP contribution in [0.25, 0.3) is 0 Å². The first-order chi connectivity index (χ1) is 9.40. The standard InChI is InChI=1S/C14H18BrN3O2/c1-14(13(16)20)4-5-17(8-14)12(19)11-6-9(15)7-18(11)10-2-3-10/h6-7,10H,2-5,8H2,1H3,(H2,16,20). The van der Waals surface area contributed by atoms with Crippen molar-refractivity contribution in [2.75, 3.05) is 13.1 Å². The quantitative estimate of drug-likeness (QED) is 0.913. The number of primary amides is 1. The first kappa shape index (κ1) is 13.7. The van der Waals surface area contributed by atoms with E-state index in [0.717, 1.165) is 17.3 Å². The van der Waals surface area contributed by atoms with Gasteiger partial charge in [-0.2, -0.15) is 0 Å². The molecule has 5 nitrogen and oxygen atoms in total. The fraction of sp³-hybridized carbons (Fsp3) is 0.571. The second-order valence-corrected chi connectivity index (χ2v) is 7.00. The number of amides is 2. The van der Waals surface area contributed by atoms with E-state index >= 15 is 0 Å². The van der Waals surface area contributed by atoms with Gasteiger partial charge in [-0.3, -0.25) is 9.59 Å². The van der Waals surface area contributed by atoms with Gasteiger partial charge in [0.1, 0.15) is 5.69 Å². The molecule has 1 aliphatic heterocycles. The Kier molecular flexibility index (Phi) is 3.16. The lowest BCUT2D eigenvalue weighted by atomic mass is 9.89. The third-order valence-electron chi connectivity index (χ3n) is 4.33. The molecule has 0 bridgehead atoms. The van der Waals surface area contributed by atoms with Crippen LogP contribution in [0.15, 0.2) is 16.7 Å². The molecule has 3 rings (SSSR count). The highest BCUT2D eigenvalue weighted by Crippen LogP contribution is 2.38. The predicted octanol–water partition coefficient (Wildman–Crippen LogP) is 1.92. The molecule has 0 spiro atoms. The molecule has 2 amide bonds. The molecule has 2 heterocycles. The van der Waals surface area contributed by atoms with E-state index in [0.29, 0.717) is 31.2 Å². The Morgan fingerprint density at radius 3 is 2.70 bits per heavy atom. The zero-order valence-corrected chi connectivity index (χ0v) is 13.0. The number of nitrogens with zero attached hydrogens (tertiary/aromatic N) is 2. The molecule has 1 unspecified atom stereocenters. The number of likely N-dealkylation sites (tertiary alicyclic amines) is 1. The fourth-order valence-corrected chi connectivity index (χ4v) is 3.21. The van der Waals surface area contributed by atoms with Gasteiger partial charge in [-0.25, -0.2) is 0 Å². The number of hydrogen-bond donors (Lipinski definition) is 1. The molecule has 1 atom stereocenters. The van der Waals surface area contributed by atoms with Crippen LogP contribution in [0.4, 0.5) is 0 Å². The maximum absolute atomic E-state index is 12.7. The van der Waals surface area contributed by atoms with E-state index in [1.54, 1.807) is 4.90 Å². The van der Waals surface area contributed by atoms with Crippen molar-refractivity contribution in [3.63, 3.8) is 0 Å². The molecule has 6 heteroatoms. The summed E-state index contributed by atoms with van der Waals surface area (Å²) in [5, 5.41) is 0. The van der Waals surface area contributed by atoms with Crippen LogP contribution in [0.5, 0.6) is 0 Å². The normalized spacial score (nSPS) is 26.0. The van der Waals surface area contributed by atoms with E-state index in [-0.39, 0.29) is 11.8 Å². The van der Waals surface area contributed by atoms with Gasteiger partial charge in [0, 0.05) is 29.8 Å². The van der Waals surface area contributed by atoms with Gasteiger partial charge in [0.15, 0.2) is 0 Å². The number of halogens is 1. The van der Waals surface area contributed by atoms with Crippen LogP contribution in [-0.2, 0) is 4.79 Å². The lowest BCUT2D eigenvalue weighted by Crippen LogP contribution is -2.39. The SMILES string of the molecule is CC1(C(N)=O)CCN(C(=O)c2cc(Br)cn2C2CC2)C1. The molecule has 2 aliphatic rings. The number of carbonyl (C=O) groups is 2. The van der Waals surface area contributed by atoms with E-state index in [1.807, 2.05) is 23.8 Å². The molecule has 1 aliphatic carbocycles. The lowest BCUT2D eigenvalue weighted by Gasteiger charge is -2.21. The maximum Gasteiger partial charge on any atom is 0.270 e. The highest BCUT2D eigenvalue weighted by molar-refractivity contribution is 9.10. The molecular formula is C14H18BrN3O2. The van der Waals surface area contributed by atoms with Crippen LogP contribution in [0.1, 0.15) is 42.7 Å². The molecule has 0 radical (unpaired) electrons. The van der Waals surface area contributed by atoms with Gasteiger partial charge in [0.2, 0.25) is 5.91 Å². The van der Waals surface area contributed by atoms with Crippen molar-refractivity contribution in [3.8, 4) is 0 Å². The van der Waals surface area contributed by atoms with Crippen LogP contribution in [-0.4, -0.2) is 34.4 Å². The second kappa shape index (κ2) is 4.62. The number of hydrogen-bond acceptors (Lipinski definition) is 2. The number of carbonyl (C=O) groups excluding carboxylic acids is 2. The van der Waals surface area contributed by atoms with E-state index in [2.05, 4.69) is 15.9 Å². The minimum absolute atomic E-state index is 0.00687. The van der Waals surface area contributed by atoms with Crippen molar-refractivity contribution in [3.05, 3.63) is 22.4 Å². The molecule has 1 aromatic heterocycles. The summed E-state index contributed by atoms with van der Waals surface area (Å²) < 4.78 is 2.97. The molecule has 2 fully saturated rings. The Morgan fingerprint density at radius 1 is 1.45 bits per heavy atom.